The molecule has 6 rings (SSSR count). The van der Waals surface area contributed by atoms with Crippen LogP contribution in [0, 0.1) is 5.82 Å². The number of nitrogens with one attached hydrogen (secondary N) is 1. The molecular formula is C30H23ClFN5O3. The van der Waals surface area contributed by atoms with Crippen LogP contribution in [0.25, 0.3) is 0 Å². The van der Waals surface area contributed by atoms with Gasteiger partial charge in [-0.25, -0.2) is 9.37 Å². The highest BCUT2D eigenvalue weighted by Crippen LogP contribution is 2.30. The van der Waals surface area contributed by atoms with E-state index in [9.17, 15) is 14.4 Å². The summed E-state index contributed by atoms with van der Waals surface area (Å²) in [7, 11) is 0. The summed E-state index contributed by atoms with van der Waals surface area (Å²) in [5, 5.41) is 3.19. The van der Waals surface area contributed by atoms with E-state index >= 15 is 4.39 Å². The van der Waals surface area contributed by atoms with Crippen LogP contribution < -0.4 is 10.2 Å². The lowest BCUT2D eigenvalue weighted by molar-refractivity contribution is -0.120. The molecule has 1 N–H and O–H groups in total. The number of benzene rings is 2. The molecule has 1 unspecified atom stereocenters. The first kappa shape index (κ1) is 25.6. The van der Waals surface area contributed by atoms with Gasteiger partial charge in [0, 0.05) is 42.6 Å². The smallest absolute Gasteiger partial charge is 0.262 e. The topological polar surface area (TPSA) is 95.5 Å². The quantitative estimate of drug-likeness (QED) is 0.386. The average Bonchev–Trinajstić information content (AvgIpc) is 3.36. The summed E-state index contributed by atoms with van der Waals surface area (Å²) in [6, 6.07) is 17.0. The molecule has 4 aromatic rings. The molecule has 1 atom stereocenters. The number of amides is 3. The maximum atomic E-state index is 15.4. The van der Waals surface area contributed by atoms with E-state index in [1.54, 1.807) is 54.9 Å². The van der Waals surface area contributed by atoms with Gasteiger partial charge < -0.3 is 10.2 Å². The molecule has 2 aromatic carbocycles. The Labute approximate surface area is 234 Å². The van der Waals surface area contributed by atoms with Crippen LogP contribution in [-0.4, -0.2) is 45.2 Å². The number of halogens is 2. The molecule has 0 fully saturated rings. The third kappa shape index (κ3) is 4.80. The van der Waals surface area contributed by atoms with Gasteiger partial charge in [-0.05, 0) is 66.1 Å². The van der Waals surface area contributed by atoms with Gasteiger partial charge in [0.15, 0.2) is 0 Å². The number of fused-ring (bicyclic) bond motifs is 2. The fourth-order valence-corrected chi connectivity index (χ4v) is 5.31. The molecule has 40 heavy (non-hydrogen) atoms. The zero-order chi connectivity index (χ0) is 27.8. The molecule has 4 heterocycles. The lowest BCUT2D eigenvalue weighted by Crippen LogP contribution is -2.46. The van der Waals surface area contributed by atoms with Crippen molar-refractivity contribution in [2.45, 2.75) is 25.4 Å². The van der Waals surface area contributed by atoms with Crippen molar-refractivity contribution >= 4 is 40.8 Å². The Morgan fingerprint density at radius 3 is 2.67 bits per heavy atom. The van der Waals surface area contributed by atoms with Crippen molar-refractivity contribution in [3.63, 3.8) is 0 Å². The molecule has 10 heteroatoms. The van der Waals surface area contributed by atoms with Crippen LogP contribution in [0.4, 0.5) is 15.9 Å². The fraction of sp³-hybridized carbons (Fsp3) is 0.167. The Hall–Kier alpha value is -4.63. The summed E-state index contributed by atoms with van der Waals surface area (Å²) in [5.41, 5.74) is 2.48. The van der Waals surface area contributed by atoms with Crippen molar-refractivity contribution in [3.05, 3.63) is 118 Å². The molecular weight excluding hydrogens is 533 g/mol. The Bertz CT molecular complexity index is 1650. The highest BCUT2D eigenvalue weighted by molar-refractivity contribution is 6.31. The van der Waals surface area contributed by atoms with Crippen molar-refractivity contribution < 1.29 is 18.8 Å². The molecule has 0 spiro atoms. The third-order valence-electron chi connectivity index (χ3n) is 7.13. The Kier molecular flexibility index (Phi) is 6.73. The van der Waals surface area contributed by atoms with Crippen molar-refractivity contribution in [1.82, 2.24) is 14.9 Å². The van der Waals surface area contributed by atoms with E-state index in [1.807, 2.05) is 6.07 Å². The van der Waals surface area contributed by atoms with Gasteiger partial charge >= 0.3 is 0 Å². The Morgan fingerprint density at radius 2 is 1.88 bits per heavy atom. The number of hydrogen-bond donors (Lipinski definition) is 1. The van der Waals surface area contributed by atoms with Gasteiger partial charge in [0.05, 0.1) is 16.8 Å². The van der Waals surface area contributed by atoms with Gasteiger partial charge in [-0.1, -0.05) is 29.8 Å². The Balaban J connectivity index is 1.31. The van der Waals surface area contributed by atoms with Gasteiger partial charge in [-0.2, -0.15) is 0 Å². The van der Waals surface area contributed by atoms with Gasteiger partial charge in [0.2, 0.25) is 5.91 Å². The van der Waals surface area contributed by atoms with Gasteiger partial charge in [0.25, 0.3) is 11.8 Å². The molecule has 0 bridgehead atoms. The minimum Gasteiger partial charge on any atom is -0.323 e. The second-order valence-corrected chi connectivity index (χ2v) is 10.1. The minimum absolute atomic E-state index is 0.0642. The highest BCUT2D eigenvalue weighted by atomic mass is 35.5. The first-order valence-electron chi connectivity index (χ1n) is 12.7. The molecule has 0 saturated heterocycles. The van der Waals surface area contributed by atoms with Crippen LogP contribution in [0.15, 0.2) is 79.1 Å². The molecule has 3 amide bonds. The van der Waals surface area contributed by atoms with Gasteiger partial charge in [0.1, 0.15) is 17.7 Å². The zero-order valence-corrected chi connectivity index (χ0v) is 21.9. The maximum absolute atomic E-state index is 15.4. The molecule has 200 valence electrons. The highest BCUT2D eigenvalue weighted by Gasteiger charge is 2.36. The second-order valence-electron chi connectivity index (χ2n) is 9.66. The first-order valence-corrected chi connectivity index (χ1v) is 13.1. The second kappa shape index (κ2) is 10.5. The van der Waals surface area contributed by atoms with E-state index in [2.05, 4.69) is 15.3 Å². The lowest BCUT2D eigenvalue weighted by atomic mass is 10.0. The number of pyridine rings is 2. The molecule has 8 nitrogen and oxygen atoms in total. The van der Waals surface area contributed by atoms with Crippen molar-refractivity contribution in [1.29, 1.82) is 0 Å². The van der Waals surface area contributed by atoms with Crippen LogP contribution in [0.5, 0.6) is 0 Å². The average molecular weight is 556 g/mol. The number of rotatable bonds is 5. The van der Waals surface area contributed by atoms with E-state index in [1.165, 1.54) is 28.0 Å². The predicted molar refractivity (Wildman–Crippen MR) is 148 cm³/mol. The van der Waals surface area contributed by atoms with E-state index in [4.69, 9.17) is 11.6 Å². The summed E-state index contributed by atoms with van der Waals surface area (Å²) in [5.74, 6) is -1.48. The first-order chi connectivity index (χ1) is 19.4. The molecule has 0 radical (unpaired) electrons. The number of carbonyl (C=O) groups is 3. The van der Waals surface area contributed by atoms with Crippen LogP contribution in [0.3, 0.4) is 0 Å². The molecule has 2 aliphatic heterocycles. The number of nitrogens with zero attached hydrogens (tertiary/aromatic N) is 4. The zero-order valence-electron chi connectivity index (χ0n) is 21.2. The lowest BCUT2D eigenvalue weighted by Gasteiger charge is -2.29. The summed E-state index contributed by atoms with van der Waals surface area (Å²) in [4.78, 5) is 51.8. The predicted octanol–water partition coefficient (Wildman–Crippen LogP) is 4.68. The summed E-state index contributed by atoms with van der Waals surface area (Å²) in [6.07, 6.45) is 4.02. The van der Waals surface area contributed by atoms with E-state index < -0.39 is 29.6 Å². The summed E-state index contributed by atoms with van der Waals surface area (Å²) >= 11 is 6.13. The third-order valence-corrected chi connectivity index (χ3v) is 7.36. The van der Waals surface area contributed by atoms with Crippen LogP contribution in [0.2, 0.25) is 5.02 Å². The van der Waals surface area contributed by atoms with E-state index in [0.717, 1.165) is 5.56 Å². The van der Waals surface area contributed by atoms with Crippen LogP contribution in [0.1, 0.15) is 37.5 Å². The maximum Gasteiger partial charge on any atom is 0.262 e. The van der Waals surface area contributed by atoms with Gasteiger partial charge in [-0.3, -0.25) is 24.3 Å². The van der Waals surface area contributed by atoms with Crippen molar-refractivity contribution in [2.75, 3.05) is 16.8 Å². The van der Waals surface area contributed by atoms with E-state index in [0.29, 0.717) is 40.8 Å². The number of aromatic nitrogens is 2. The molecule has 2 aromatic heterocycles. The molecule has 2 aliphatic rings. The largest absolute Gasteiger partial charge is 0.323 e. The molecule has 0 aliphatic carbocycles. The van der Waals surface area contributed by atoms with Gasteiger partial charge in [-0.15, -0.1) is 0 Å². The number of anilines is 2. The van der Waals surface area contributed by atoms with Crippen LogP contribution in [-0.2, 0) is 24.2 Å². The normalized spacial score (nSPS) is 16.3. The monoisotopic (exact) mass is 555 g/mol. The van der Waals surface area contributed by atoms with Crippen molar-refractivity contribution in [3.8, 4) is 0 Å². The number of hydrogen-bond acceptors (Lipinski definition) is 5. The standard InChI is InChI=1S/C30H23ClFN5O3/c31-20-7-9-23-25(15-20)35-28(38)26(16-21-5-1-2-11-33-21)37(30(23)40)17-18-6-8-22(24(32)14-18)29(39)36-13-10-19-4-3-12-34-27(19)36/h1-9,11-12,14-15,26H,10,13,16-17H2,(H,35,38). The fourth-order valence-electron chi connectivity index (χ4n) is 5.14. The summed E-state index contributed by atoms with van der Waals surface area (Å²) in [6.45, 7) is 0.355. The molecule has 0 saturated carbocycles. The van der Waals surface area contributed by atoms with E-state index in [-0.39, 0.29) is 24.1 Å². The minimum atomic E-state index is -0.926. The number of carbonyl (C=O) groups excluding carboxylic acids is 3. The van der Waals surface area contributed by atoms with Crippen LogP contribution >= 0.6 is 11.6 Å². The SMILES string of the molecule is O=C1Nc2cc(Cl)ccc2C(=O)N(Cc2ccc(C(=O)N3CCc4cccnc43)c(F)c2)C1Cc1ccccn1. The summed E-state index contributed by atoms with van der Waals surface area (Å²) < 4.78 is 15.4. The van der Waals surface area contributed by atoms with Crippen molar-refractivity contribution in [2.24, 2.45) is 0 Å². The Morgan fingerprint density at radius 1 is 1.02 bits per heavy atom.